The first-order chi connectivity index (χ1) is 14.9. The average Bonchev–Trinajstić information content (AvgIpc) is 2.78. The van der Waals surface area contributed by atoms with Gasteiger partial charge < -0.3 is 10.1 Å². The Hall–Kier alpha value is -2.86. The molecule has 0 aliphatic heterocycles. The third-order valence-electron chi connectivity index (χ3n) is 4.57. The molecule has 31 heavy (non-hydrogen) atoms. The summed E-state index contributed by atoms with van der Waals surface area (Å²) in [5.74, 6) is 5.52. The molecular formula is C23H28N2O5S. The van der Waals surface area contributed by atoms with Crippen molar-refractivity contribution in [3.05, 3.63) is 59.7 Å². The van der Waals surface area contributed by atoms with Crippen molar-refractivity contribution in [2.45, 2.75) is 37.8 Å². The number of amides is 1. The van der Waals surface area contributed by atoms with Crippen LogP contribution in [0.2, 0.25) is 0 Å². The zero-order chi connectivity index (χ0) is 22.7. The summed E-state index contributed by atoms with van der Waals surface area (Å²) in [6.45, 7) is 5.45. The maximum atomic E-state index is 13.0. The van der Waals surface area contributed by atoms with Crippen molar-refractivity contribution in [2.75, 3.05) is 18.9 Å². The standard InChI is InChI=1S/C23H28N2O5S/c1-3-5-14-30-21-9-11-22(12-10-21)31(28,29)17-23(25(27)18-26)20-8-6-7-19(15-20)16-24-13-4-2/h6-12,15,18,23-24,27H,4,13-14,16-17H2,1-2H3. The predicted molar refractivity (Wildman–Crippen MR) is 118 cm³/mol. The number of hydrogen-bond acceptors (Lipinski definition) is 6. The van der Waals surface area contributed by atoms with Crippen LogP contribution in [0.5, 0.6) is 5.75 Å². The van der Waals surface area contributed by atoms with Gasteiger partial charge in [0, 0.05) is 6.54 Å². The summed E-state index contributed by atoms with van der Waals surface area (Å²) in [6, 6.07) is 12.1. The van der Waals surface area contributed by atoms with Crippen LogP contribution in [-0.2, 0) is 21.2 Å². The Morgan fingerprint density at radius 1 is 1.23 bits per heavy atom. The summed E-state index contributed by atoms with van der Waals surface area (Å²) in [5, 5.41) is 13.8. The molecule has 1 atom stereocenters. The molecule has 2 rings (SSSR count). The zero-order valence-electron chi connectivity index (χ0n) is 17.7. The van der Waals surface area contributed by atoms with Crippen molar-refractivity contribution < 1.29 is 23.2 Å². The highest BCUT2D eigenvalue weighted by Gasteiger charge is 2.27. The van der Waals surface area contributed by atoms with E-state index in [0.717, 1.165) is 18.5 Å². The monoisotopic (exact) mass is 444 g/mol. The molecule has 0 saturated heterocycles. The zero-order valence-corrected chi connectivity index (χ0v) is 18.6. The van der Waals surface area contributed by atoms with Gasteiger partial charge in [-0.2, -0.15) is 0 Å². The first-order valence-electron chi connectivity index (χ1n) is 9.98. The van der Waals surface area contributed by atoms with Crippen LogP contribution in [0.4, 0.5) is 0 Å². The Kier molecular flexibility index (Phi) is 9.53. The Labute approximate surface area is 183 Å². The van der Waals surface area contributed by atoms with Crippen LogP contribution in [0.15, 0.2) is 53.4 Å². The van der Waals surface area contributed by atoms with Gasteiger partial charge in [0.2, 0.25) is 6.41 Å². The minimum Gasteiger partial charge on any atom is -0.481 e. The van der Waals surface area contributed by atoms with E-state index in [1.165, 1.54) is 12.1 Å². The van der Waals surface area contributed by atoms with Gasteiger partial charge in [0.05, 0.1) is 16.7 Å². The quantitative estimate of drug-likeness (QED) is 0.172. The van der Waals surface area contributed by atoms with Gasteiger partial charge in [-0.05, 0) is 55.3 Å². The third-order valence-corrected chi connectivity index (χ3v) is 6.31. The number of carbonyl (C=O) groups is 1. The van der Waals surface area contributed by atoms with Gasteiger partial charge in [0.15, 0.2) is 9.84 Å². The smallest absolute Gasteiger partial charge is 0.233 e. The van der Waals surface area contributed by atoms with Crippen molar-refractivity contribution in [3.8, 4) is 17.6 Å². The second-order valence-corrected chi connectivity index (χ2v) is 8.93. The van der Waals surface area contributed by atoms with Crippen LogP contribution in [0, 0.1) is 11.8 Å². The number of nitrogens with zero attached hydrogens (tertiary/aromatic N) is 1. The highest BCUT2D eigenvalue weighted by atomic mass is 32.2. The molecule has 7 nitrogen and oxygen atoms in total. The Morgan fingerprint density at radius 2 is 1.97 bits per heavy atom. The lowest BCUT2D eigenvalue weighted by Gasteiger charge is -2.23. The van der Waals surface area contributed by atoms with Gasteiger partial charge in [0.1, 0.15) is 12.4 Å². The summed E-state index contributed by atoms with van der Waals surface area (Å²) >= 11 is 0. The van der Waals surface area contributed by atoms with E-state index in [1.807, 2.05) is 6.07 Å². The van der Waals surface area contributed by atoms with Crippen LogP contribution in [0.1, 0.15) is 37.4 Å². The summed E-state index contributed by atoms with van der Waals surface area (Å²) in [4.78, 5) is 11.3. The minimum absolute atomic E-state index is 0.0755. The van der Waals surface area contributed by atoms with Crippen LogP contribution in [0.25, 0.3) is 0 Å². The lowest BCUT2D eigenvalue weighted by Crippen LogP contribution is -2.30. The molecule has 0 spiro atoms. The molecule has 0 aliphatic rings. The van der Waals surface area contributed by atoms with Crippen LogP contribution >= 0.6 is 0 Å². The number of carbonyl (C=O) groups excluding carboxylic acids is 1. The minimum atomic E-state index is -3.80. The number of ether oxygens (including phenoxy) is 1. The van der Waals surface area contributed by atoms with Gasteiger partial charge in [-0.1, -0.05) is 37.1 Å². The van der Waals surface area contributed by atoms with Crippen LogP contribution < -0.4 is 10.1 Å². The van der Waals surface area contributed by atoms with E-state index >= 15 is 0 Å². The molecule has 1 unspecified atom stereocenters. The second-order valence-electron chi connectivity index (χ2n) is 6.89. The van der Waals surface area contributed by atoms with Gasteiger partial charge in [-0.25, -0.2) is 13.5 Å². The Balaban J connectivity index is 2.22. The molecule has 8 heteroatoms. The van der Waals surface area contributed by atoms with Crippen LogP contribution in [-0.4, -0.2) is 44.0 Å². The lowest BCUT2D eigenvalue weighted by atomic mass is 10.0. The highest BCUT2D eigenvalue weighted by molar-refractivity contribution is 7.91. The molecule has 0 bridgehead atoms. The van der Waals surface area contributed by atoms with E-state index in [2.05, 4.69) is 24.1 Å². The molecule has 1 amide bonds. The number of nitrogens with one attached hydrogen (secondary N) is 1. The fourth-order valence-corrected chi connectivity index (χ4v) is 4.46. The number of benzene rings is 2. The van der Waals surface area contributed by atoms with Crippen molar-refractivity contribution in [3.63, 3.8) is 0 Å². The number of hydrogen-bond donors (Lipinski definition) is 2. The summed E-state index contributed by atoms with van der Waals surface area (Å²) in [7, 11) is -3.80. The van der Waals surface area contributed by atoms with E-state index in [-0.39, 0.29) is 17.9 Å². The van der Waals surface area contributed by atoms with Crippen molar-refractivity contribution in [2.24, 2.45) is 0 Å². The van der Waals surface area contributed by atoms with E-state index in [4.69, 9.17) is 4.74 Å². The topological polar surface area (TPSA) is 95.9 Å². The van der Waals surface area contributed by atoms with Gasteiger partial charge in [-0.15, -0.1) is 5.92 Å². The van der Waals surface area contributed by atoms with Gasteiger partial charge >= 0.3 is 0 Å². The van der Waals surface area contributed by atoms with Crippen molar-refractivity contribution in [1.82, 2.24) is 10.4 Å². The molecule has 0 radical (unpaired) electrons. The molecule has 2 N–H and O–H groups in total. The largest absolute Gasteiger partial charge is 0.481 e. The SMILES string of the molecule is CC#CCOc1ccc(S(=O)(=O)CC(c2cccc(CNCCC)c2)N(O)C=O)cc1. The number of hydroxylamine groups is 2. The first-order valence-corrected chi connectivity index (χ1v) is 11.6. The van der Waals surface area contributed by atoms with Gasteiger partial charge in [0.25, 0.3) is 0 Å². The fourth-order valence-electron chi connectivity index (χ4n) is 2.96. The molecule has 2 aromatic rings. The third kappa shape index (κ3) is 7.40. The molecular weight excluding hydrogens is 416 g/mol. The van der Waals surface area contributed by atoms with Crippen LogP contribution in [0.3, 0.4) is 0 Å². The van der Waals surface area contributed by atoms with E-state index in [0.29, 0.717) is 22.9 Å². The van der Waals surface area contributed by atoms with E-state index in [1.54, 1.807) is 37.3 Å². The maximum absolute atomic E-state index is 13.0. The van der Waals surface area contributed by atoms with E-state index in [9.17, 15) is 18.4 Å². The first kappa shape index (κ1) is 24.4. The van der Waals surface area contributed by atoms with E-state index < -0.39 is 21.6 Å². The number of sulfone groups is 1. The van der Waals surface area contributed by atoms with Gasteiger partial charge in [-0.3, -0.25) is 10.0 Å². The predicted octanol–water partition coefficient (Wildman–Crippen LogP) is 2.95. The Bertz CT molecular complexity index is 1010. The normalized spacial score (nSPS) is 11.8. The summed E-state index contributed by atoms with van der Waals surface area (Å²) in [6.07, 6.45) is 1.21. The molecule has 166 valence electrons. The lowest BCUT2D eigenvalue weighted by molar-refractivity contribution is -0.158. The summed E-state index contributed by atoms with van der Waals surface area (Å²) in [5.41, 5.74) is 1.47. The highest BCUT2D eigenvalue weighted by Crippen LogP contribution is 2.26. The summed E-state index contributed by atoms with van der Waals surface area (Å²) < 4.78 is 31.4. The maximum Gasteiger partial charge on any atom is 0.233 e. The Morgan fingerprint density at radius 3 is 2.61 bits per heavy atom. The molecule has 0 heterocycles. The second kappa shape index (κ2) is 12.1. The van der Waals surface area contributed by atoms with Crippen molar-refractivity contribution in [1.29, 1.82) is 0 Å². The molecule has 0 aromatic heterocycles. The number of rotatable bonds is 12. The molecule has 0 fully saturated rings. The fraction of sp³-hybridized carbons (Fsp3) is 0.348. The van der Waals surface area contributed by atoms with Crippen molar-refractivity contribution >= 4 is 16.2 Å². The molecule has 0 aliphatic carbocycles. The molecule has 2 aromatic carbocycles. The molecule has 0 saturated carbocycles. The average molecular weight is 445 g/mol.